The zero-order valence-electron chi connectivity index (χ0n) is 25.7. The fourth-order valence-electron chi connectivity index (χ4n) is 2.26. The van der Waals surface area contributed by atoms with E-state index in [-0.39, 0.29) is 0 Å². The Labute approximate surface area is 253 Å². The zero-order valence-corrected chi connectivity index (χ0v) is 30.2. The van der Waals surface area contributed by atoms with Crippen molar-refractivity contribution in [2.75, 3.05) is 28.8 Å². The van der Waals surface area contributed by atoms with E-state index in [1.54, 1.807) is 0 Å². The summed E-state index contributed by atoms with van der Waals surface area (Å²) >= 11 is 20.4. The summed E-state index contributed by atoms with van der Waals surface area (Å²) in [5.74, 6) is 9.34. The number of unbranched alkanes of at least 4 members (excludes halogenated alkanes) is 3. The van der Waals surface area contributed by atoms with Crippen LogP contribution < -0.4 is 0 Å². The third-order valence-electron chi connectivity index (χ3n) is 4.64. The highest BCUT2D eigenvalue weighted by atomic mass is 32.1. The molecule has 0 aromatic heterocycles. The molecule has 0 aliphatic heterocycles. The van der Waals surface area contributed by atoms with Crippen molar-refractivity contribution in [1.29, 1.82) is 0 Å². The molecule has 0 nitrogen and oxygen atoms in total. The van der Waals surface area contributed by atoms with E-state index in [2.05, 4.69) is 132 Å². The van der Waals surface area contributed by atoms with Gasteiger partial charge in [-0.1, -0.05) is 108 Å². The summed E-state index contributed by atoms with van der Waals surface area (Å²) in [5, 5.41) is 0. The van der Waals surface area contributed by atoms with Crippen molar-refractivity contribution in [1.82, 2.24) is 0 Å². The van der Waals surface area contributed by atoms with E-state index in [1.807, 2.05) is 0 Å². The number of hydrogen-bond donors (Lipinski definition) is 5. The summed E-state index contributed by atoms with van der Waals surface area (Å²) in [4.78, 5) is 0. The molecule has 0 saturated heterocycles. The van der Waals surface area contributed by atoms with Gasteiger partial charge in [0, 0.05) is 0 Å². The van der Waals surface area contributed by atoms with Crippen LogP contribution in [-0.2, 0) is 0 Å². The van der Waals surface area contributed by atoms with Gasteiger partial charge < -0.3 is 0 Å². The van der Waals surface area contributed by atoms with Crippen molar-refractivity contribution < 1.29 is 0 Å². The van der Waals surface area contributed by atoms with Gasteiger partial charge >= 0.3 is 0 Å². The fourth-order valence-corrected chi connectivity index (χ4v) is 3.41. The lowest BCUT2D eigenvalue weighted by Gasteiger charge is -2.01. The zero-order chi connectivity index (χ0) is 28.5. The van der Waals surface area contributed by atoms with E-state index in [4.69, 9.17) is 0 Å². The van der Waals surface area contributed by atoms with Gasteiger partial charge in [-0.15, -0.1) is 0 Å². The highest BCUT2D eigenvalue weighted by Gasteiger charge is 1.92. The van der Waals surface area contributed by atoms with E-state index < -0.39 is 0 Å². The van der Waals surface area contributed by atoms with Crippen LogP contribution in [0.25, 0.3) is 0 Å². The molecule has 0 bridgehead atoms. The Balaban J connectivity index is -0.000000109. The molecule has 5 heteroatoms. The first-order chi connectivity index (χ1) is 16.4. The molecule has 0 amide bonds. The molecular weight excluding hydrogens is 521 g/mol. The number of thiol groups is 5. The summed E-state index contributed by atoms with van der Waals surface area (Å²) in [6.45, 7) is 22.3. The van der Waals surface area contributed by atoms with E-state index in [0.29, 0.717) is 0 Å². The lowest BCUT2D eigenvalue weighted by molar-refractivity contribution is 0.535. The van der Waals surface area contributed by atoms with Gasteiger partial charge in [0.05, 0.1) is 0 Å². The molecule has 0 fully saturated rings. The first kappa shape index (κ1) is 46.6. The Morgan fingerprint density at radius 1 is 0.314 bits per heavy atom. The second kappa shape index (κ2) is 42.8. The van der Waals surface area contributed by atoms with Crippen LogP contribution in [0.1, 0.15) is 133 Å². The Bertz CT molecular complexity index is 305. The Morgan fingerprint density at radius 3 is 0.800 bits per heavy atom. The minimum atomic E-state index is 0.748. The molecule has 0 aliphatic carbocycles. The first-order valence-electron chi connectivity index (χ1n) is 14.4. The van der Waals surface area contributed by atoms with Crippen molar-refractivity contribution >= 4 is 63.1 Å². The second-order valence-electron chi connectivity index (χ2n) is 11.3. The maximum absolute atomic E-state index is 4.15. The molecule has 35 heavy (non-hydrogen) atoms. The highest BCUT2D eigenvalue weighted by Crippen LogP contribution is 2.08. The lowest BCUT2D eigenvalue weighted by Crippen LogP contribution is -1.86. The van der Waals surface area contributed by atoms with Gasteiger partial charge in [0.1, 0.15) is 0 Å². The average molecular weight is 591 g/mol. The largest absolute Gasteiger partial charge is 0.179 e. The lowest BCUT2D eigenvalue weighted by atomic mass is 10.1. The molecule has 220 valence electrons. The molecule has 0 aromatic rings. The van der Waals surface area contributed by atoms with Crippen molar-refractivity contribution in [2.45, 2.75) is 133 Å². The van der Waals surface area contributed by atoms with Crippen LogP contribution in [0.4, 0.5) is 0 Å². The third kappa shape index (κ3) is 86.1. The van der Waals surface area contributed by atoms with Gasteiger partial charge in [-0.05, 0) is 84.0 Å². The van der Waals surface area contributed by atoms with Crippen molar-refractivity contribution in [2.24, 2.45) is 29.6 Å². The van der Waals surface area contributed by atoms with E-state index >= 15 is 0 Å². The van der Waals surface area contributed by atoms with Crippen LogP contribution in [0.3, 0.4) is 0 Å². The van der Waals surface area contributed by atoms with Gasteiger partial charge in [0.2, 0.25) is 0 Å². The van der Waals surface area contributed by atoms with Gasteiger partial charge in [0.15, 0.2) is 0 Å². The summed E-state index contributed by atoms with van der Waals surface area (Å²) in [6.07, 6.45) is 13.2. The predicted molar refractivity (Wildman–Crippen MR) is 190 cm³/mol. The maximum Gasteiger partial charge on any atom is -0.00748 e. The van der Waals surface area contributed by atoms with Crippen LogP contribution >= 0.6 is 63.1 Å². The molecule has 0 unspecified atom stereocenters. The first-order valence-corrected chi connectivity index (χ1v) is 17.6. The van der Waals surface area contributed by atoms with Crippen LogP contribution in [0, 0.1) is 29.6 Å². The molecule has 0 atom stereocenters. The molecule has 0 aromatic carbocycles. The summed E-state index contributed by atoms with van der Waals surface area (Å²) in [5.41, 5.74) is 0. The van der Waals surface area contributed by atoms with E-state index in [9.17, 15) is 0 Å². The van der Waals surface area contributed by atoms with Crippen LogP contribution in [0.2, 0.25) is 0 Å². The summed E-state index contributed by atoms with van der Waals surface area (Å²) in [7, 11) is 0. The summed E-state index contributed by atoms with van der Waals surface area (Å²) < 4.78 is 0. The molecule has 0 heterocycles. The molecule has 0 spiro atoms. The van der Waals surface area contributed by atoms with Crippen molar-refractivity contribution in [3.05, 3.63) is 0 Å². The fraction of sp³-hybridized carbons (Fsp3) is 1.00. The molecule has 0 saturated carbocycles. The average Bonchev–Trinajstić information content (AvgIpc) is 2.77. The third-order valence-corrected chi connectivity index (χ3v) is 6.58. The minimum Gasteiger partial charge on any atom is -0.179 e. The van der Waals surface area contributed by atoms with Gasteiger partial charge in [-0.25, -0.2) is 0 Å². The van der Waals surface area contributed by atoms with Gasteiger partial charge in [-0.2, -0.15) is 63.1 Å². The van der Waals surface area contributed by atoms with Crippen LogP contribution in [0.15, 0.2) is 0 Å². The van der Waals surface area contributed by atoms with Crippen molar-refractivity contribution in [3.8, 4) is 0 Å². The smallest absolute Gasteiger partial charge is 0.00748 e. The van der Waals surface area contributed by atoms with Gasteiger partial charge in [0.25, 0.3) is 0 Å². The van der Waals surface area contributed by atoms with Crippen LogP contribution in [-0.4, -0.2) is 28.8 Å². The van der Waals surface area contributed by atoms with E-state index in [1.165, 1.54) is 64.2 Å². The molecule has 0 aliphatic rings. The van der Waals surface area contributed by atoms with E-state index in [0.717, 1.165) is 58.4 Å². The van der Waals surface area contributed by atoms with Gasteiger partial charge in [-0.3, -0.25) is 0 Å². The molecular formula is C30H70S5. The molecule has 0 radical (unpaired) electrons. The van der Waals surface area contributed by atoms with Crippen LogP contribution in [0.5, 0.6) is 0 Å². The SMILES string of the molecule is CC(C)CCCCCS.CC(C)CCCCS.CC(C)CCCS.CC(C)CCS.CC(C)CS. The minimum absolute atomic E-state index is 0.748. The quantitative estimate of drug-likeness (QED) is 0.0909. The second-order valence-corrected chi connectivity index (χ2v) is 13.5. The standard InChI is InChI=1S/C8H18S.C7H16S.C6H14S.C5H12S.C4H10S/c1-8(2)6-4-3-5-7-9;1-7(2)5-3-4-6-8;1-6(2)4-3-5-7;1-5(2)3-4-6;1-4(2)3-5/h8-9H,3-7H2,1-2H3;7-8H,3-6H2,1-2H3;6-7H,3-5H2,1-2H3;5-6H,3-4H2,1-2H3;4-5H,3H2,1-2H3. The monoisotopic (exact) mass is 590 g/mol. The van der Waals surface area contributed by atoms with Crippen molar-refractivity contribution in [3.63, 3.8) is 0 Å². The Kier molecular flexibility index (Phi) is 57.0. The maximum atomic E-state index is 4.15. The topological polar surface area (TPSA) is 0 Å². The number of rotatable bonds is 15. The molecule has 0 rings (SSSR count). The predicted octanol–water partition coefficient (Wildman–Crippen LogP) is 11.8. The summed E-state index contributed by atoms with van der Waals surface area (Å²) in [6, 6.07) is 0. The Morgan fingerprint density at radius 2 is 0.600 bits per heavy atom. The normalized spacial score (nSPS) is 10.3. The molecule has 0 N–H and O–H groups in total. The number of hydrogen-bond acceptors (Lipinski definition) is 5. The Hall–Kier alpha value is 1.75. The highest BCUT2D eigenvalue weighted by molar-refractivity contribution is 7.80.